The van der Waals surface area contributed by atoms with Gasteiger partial charge in [0.05, 0.1) is 0 Å². The van der Waals surface area contributed by atoms with Gasteiger partial charge >= 0.3 is 12.0 Å². The number of amides is 3. The number of carbonyl (C=O) groups is 3. The summed E-state index contributed by atoms with van der Waals surface area (Å²) in [5.74, 6) is -1.44. The Morgan fingerprint density at radius 3 is 2.21 bits per heavy atom. The molecule has 0 aliphatic carbocycles. The molecular formula is C12H19N3O4. The fourth-order valence-electron chi connectivity index (χ4n) is 2.79. The van der Waals surface area contributed by atoms with Gasteiger partial charge in [-0.3, -0.25) is 4.79 Å². The third kappa shape index (κ3) is 2.80. The number of piperidine rings is 1. The summed E-state index contributed by atoms with van der Waals surface area (Å²) in [4.78, 5) is 37.4. The van der Waals surface area contributed by atoms with Gasteiger partial charge in [0.1, 0.15) is 6.04 Å². The predicted molar refractivity (Wildman–Crippen MR) is 66.3 cm³/mol. The number of likely N-dealkylation sites (tertiary alicyclic amines) is 2. The molecule has 7 heteroatoms. The van der Waals surface area contributed by atoms with Crippen LogP contribution in [0.15, 0.2) is 0 Å². The molecule has 0 aromatic carbocycles. The number of aliphatic carboxylic acids is 1. The molecule has 0 bridgehead atoms. The SMILES string of the molecule is NC(=O)C1CCN(C(=O)N2CCCC2C(=O)O)CC1. The molecule has 0 aromatic rings. The van der Waals surface area contributed by atoms with Crippen molar-refractivity contribution < 1.29 is 19.5 Å². The van der Waals surface area contributed by atoms with Gasteiger partial charge < -0.3 is 20.6 Å². The molecule has 0 spiro atoms. The van der Waals surface area contributed by atoms with Crippen LogP contribution in [-0.4, -0.2) is 58.5 Å². The van der Waals surface area contributed by atoms with Crippen LogP contribution in [0.2, 0.25) is 0 Å². The smallest absolute Gasteiger partial charge is 0.326 e. The van der Waals surface area contributed by atoms with Gasteiger partial charge in [0.2, 0.25) is 5.91 Å². The second kappa shape index (κ2) is 5.46. The zero-order chi connectivity index (χ0) is 14.0. The van der Waals surface area contributed by atoms with Crippen LogP contribution in [0.25, 0.3) is 0 Å². The van der Waals surface area contributed by atoms with Gasteiger partial charge in [0.15, 0.2) is 0 Å². The molecule has 2 aliphatic heterocycles. The molecule has 2 fully saturated rings. The maximum absolute atomic E-state index is 12.3. The molecule has 1 atom stereocenters. The lowest BCUT2D eigenvalue weighted by Crippen LogP contribution is -2.51. The van der Waals surface area contributed by atoms with E-state index in [9.17, 15) is 14.4 Å². The standard InChI is InChI=1S/C12H19N3O4/c13-10(16)8-3-6-14(7-4-8)12(19)15-5-1-2-9(15)11(17)18/h8-9H,1-7H2,(H2,13,16)(H,17,18). The van der Waals surface area contributed by atoms with Gasteiger partial charge in [-0.05, 0) is 25.7 Å². The number of hydrogen-bond acceptors (Lipinski definition) is 3. The number of urea groups is 1. The molecule has 19 heavy (non-hydrogen) atoms. The van der Waals surface area contributed by atoms with Gasteiger partial charge in [-0.2, -0.15) is 0 Å². The molecule has 2 rings (SSSR count). The molecule has 0 radical (unpaired) electrons. The first kappa shape index (κ1) is 13.6. The van der Waals surface area contributed by atoms with E-state index >= 15 is 0 Å². The lowest BCUT2D eigenvalue weighted by atomic mass is 9.96. The second-order valence-electron chi connectivity index (χ2n) is 5.14. The van der Waals surface area contributed by atoms with Crippen LogP contribution >= 0.6 is 0 Å². The monoisotopic (exact) mass is 269 g/mol. The number of primary amides is 1. The highest BCUT2D eigenvalue weighted by molar-refractivity contribution is 5.83. The average molecular weight is 269 g/mol. The Hall–Kier alpha value is -1.79. The van der Waals surface area contributed by atoms with Gasteiger partial charge in [-0.1, -0.05) is 0 Å². The Bertz CT molecular complexity index is 390. The van der Waals surface area contributed by atoms with E-state index in [0.717, 1.165) is 6.42 Å². The number of carbonyl (C=O) groups excluding carboxylic acids is 2. The normalized spacial score (nSPS) is 24.5. The summed E-state index contributed by atoms with van der Waals surface area (Å²) < 4.78 is 0. The van der Waals surface area contributed by atoms with Gasteiger partial charge in [0, 0.05) is 25.6 Å². The summed E-state index contributed by atoms with van der Waals surface area (Å²) in [7, 11) is 0. The van der Waals surface area contributed by atoms with Crippen LogP contribution in [0.4, 0.5) is 4.79 Å². The first-order chi connectivity index (χ1) is 9.00. The summed E-state index contributed by atoms with van der Waals surface area (Å²) >= 11 is 0. The van der Waals surface area contributed by atoms with E-state index < -0.39 is 12.0 Å². The molecule has 7 nitrogen and oxygen atoms in total. The minimum absolute atomic E-state index is 0.169. The number of rotatable bonds is 2. The zero-order valence-corrected chi connectivity index (χ0v) is 10.7. The minimum atomic E-state index is -0.946. The van der Waals surface area contributed by atoms with Crippen LogP contribution in [0.3, 0.4) is 0 Å². The maximum atomic E-state index is 12.3. The third-order valence-electron chi connectivity index (χ3n) is 3.95. The Morgan fingerprint density at radius 1 is 1.05 bits per heavy atom. The van der Waals surface area contributed by atoms with E-state index in [4.69, 9.17) is 10.8 Å². The van der Waals surface area contributed by atoms with Crippen LogP contribution in [0.5, 0.6) is 0 Å². The van der Waals surface area contributed by atoms with Crippen molar-refractivity contribution in [3.63, 3.8) is 0 Å². The molecular weight excluding hydrogens is 250 g/mol. The van der Waals surface area contributed by atoms with E-state index in [1.54, 1.807) is 4.90 Å². The van der Waals surface area contributed by atoms with Crippen molar-refractivity contribution in [2.75, 3.05) is 19.6 Å². The van der Waals surface area contributed by atoms with Crippen LogP contribution < -0.4 is 5.73 Å². The molecule has 1 unspecified atom stereocenters. The highest BCUT2D eigenvalue weighted by Crippen LogP contribution is 2.23. The molecule has 2 aliphatic rings. The number of nitrogens with zero attached hydrogens (tertiary/aromatic N) is 2. The number of carboxylic acids is 1. The molecule has 2 heterocycles. The number of carboxylic acid groups (broad SMARTS) is 1. The number of hydrogen-bond donors (Lipinski definition) is 2. The van der Waals surface area contributed by atoms with E-state index in [0.29, 0.717) is 38.9 Å². The predicted octanol–water partition coefficient (Wildman–Crippen LogP) is -0.147. The van der Waals surface area contributed by atoms with Crippen LogP contribution in [0.1, 0.15) is 25.7 Å². The van der Waals surface area contributed by atoms with E-state index in [2.05, 4.69) is 0 Å². The van der Waals surface area contributed by atoms with Crippen molar-refractivity contribution in [3.05, 3.63) is 0 Å². The molecule has 106 valence electrons. The second-order valence-corrected chi connectivity index (χ2v) is 5.14. The summed E-state index contributed by atoms with van der Waals surface area (Å²) in [5, 5.41) is 9.07. The van der Waals surface area contributed by atoms with Crippen LogP contribution in [-0.2, 0) is 9.59 Å². The largest absolute Gasteiger partial charge is 0.480 e. The Labute approximate surface area is 111 Å². The molecule has 0 saturated carbocycles. The fraction of sp³-hybridized carbons (Fsp3) is 0.750. The lowest BCUT2D eigenvalue weighted by Gasteiger charge is -2.34. The maximum Gasteiger partial charge on any atom is 0.326 e. The third-order valence-corrected chi connectivity index (χ3v) is 3.95. The van der Waals surface area contributed by atoms with E-state index in [-0.39, 0.29) is 17.9 Å². The molecule has 3 amide bonds. The van der Waals surface area contributed by atoms with E-state index in [1.807, 2.05) is 0 Å². The van der Waals surface area contributed by atoms with Crippen molar-refractivity contribution in [2.45, 2.75) is 31.7 Å². The Kier molecular flexibility index (Phi) is 3.92. The molecule has 3 N–H and O–H groups in total. The van der Waals surface area contributed by atoms with Crippen molar-refractivity contribution in [1.82, 2.24) is 9.80 Å². The van der Waals surface area contributed by atoms with Crippen molar-refractivity contribution in [1.29, 1.82) is 0 Å². The van der Waals surface area contributed by atoms with Gasteiger partial charge in [-0.15, -0.1) is 0 Å². The fourth-order valence-corrected chi connectivity index (χ4v) is 2.79. The topological polar surface area (TPSA) is 104 Å². The van der Waals surface area contributed by atoms with Gasteiger partial charge in [-0.25, -0.2) is 9.59 Å². The van der Waals surface area contributed by atoms with Crippen LogP contribution in [0, 0.1) is 5.92 Å². The lowest BCUT2D eigenvalue weighted by molar-refractivity contribution is -0.141. The van der Waals surface area contributed by atoms with Gasteiger partial charge in [0.25, 0.3) is 0 Å². The first-order valence-corrected chi connectivity index (χ1v) is 6.58. The zero-order valence-electron chi connectivity index (χ0n) is 10.7. The van der Waals surface area contributed by atoms with Crippen molar-refractivity contribution >= 4 is 17.9 Å². The summed E-state index contributed by atoms with van der Waals surface area (Å²) in [5.41, 5.74) is 5.24. The highest BCUT2D eigenvalue weighted by atomic mass is 16.4. The average Bonchev–Trinajstić information content (AvgIpc) is 2.87. The molecule has 2 saturated heterocycles. The van der Waals surface area contributed by atoms with Crippen molar-refractivity contribution in [3.8, 4) is 0 Å². The molecule has 0 aromatic heterocycles. The van der Waals surface area contributed by atoms with E-state index in [1.165, 1.54) is 4.90 Å². The highest BCUT2D eigenvalue weighted by Gasteiger charge is 2.37. The number of nitrogens with two attached hydrogens (primary N) is 1. The summed E-state index contributed by atoms with van der Waals surface area (Å²) in [6.45, 7) is 1.43. The summed E-state index contributed by atoms with van der Waals surface area (Å²) in [6, 6.07) is -0.936. The van der Waals surface area contributed by atoms with Crippen molar-refractivity contribution in [2.24, 2.45) is 11.7 Å². The summed E-state index contributed by atoms with van der Waals surface area (Å²) in [6.07, 6.45) is 2.36. The minimum Gasteiger partial charge on any atom is -0.480 e. The quantitative estimate of drug-likeness (QED) is 0.727. The Morgan fingerprint density at radius 2 is 1.68 bits per heavy atom. The first-order valence-electron chi connectivity index (χ1n) is 6.58. The Balaban J connectivity index is 1.94.